The second kappa shape index (κ2) is 5.22. The van der Waals surface area contributed by atoms with Gasteiger partial charge >= 0.3 is 0 Å². The quantitative estimate of drug-likeness (QED) is 0.688. The SMILES string of the molecule is CN(CC1CCNCC1)C1CS(=O)(=O)CC1O. The lowest BCUT2D eigenvalue weighted by molar-refractivity contribution is 0.0858. The Bertz CT molecular complexity index is 352. The van der Waals surface area contributed by atoms with E-state index in [1.54, 1.807) is 0 Å². The van der Waals surface area contributed by atoms with Crippen LogP contribution in [0.3, 0.4) is 0 Å². The lowest BCUT2D eigenvalue weighted by Gasteiger charge is -2.31. The summed E-state index contributed by atoms with van der Waals surface area (Å²) in [6.07, 6.45) is 1.56. The topological polar surface area (TPSA) is 69.6 Å². The van der Waals surface area contributed by atoms with E-state index in [2.05, 4.69) is 5.32 Å². The molecule has 2 aliphatic heterocycles. The Hall–Kier alpha value is -0.170. The van der Waals surface area contributed by atoms with Crippen molar-refractivity contribution in [2.24, 2.45) is 5.92 Å². The van der Waals surface area contributed by atoms with Gasteiger partial charge in [-0.1, -0.05) is 0 Å². The van der Waals surface area contributed by atoms with Gasteiger partial charge in [0.15, 0.2) is 9.84 Å². The summed E-state index contributed by atoms with van der Waals surface area (Å²) in [5.74, 6) is 0.654. The molecule has 0 aromatic heterocycles. The van der Waals surface area contributed by atoms with E-state index < -0.39 is 15.9 Å². The molecule has 0 aromatic carbocycles. The summed E-state index contributed by atoms with van der Waals surface area (Å²) >= 11 is 0. The molecule has 2 atom stereocenters. The zero-order valence-electron chi connectivity index (χ0n) is 10.3. The van der Waals surface area contributed by atoms with Gasteiger partial charge in [0.1, 0.15) is 0 Å². The number of aliphatic hydroxyl groups is 1. The van der Waals surface area contributed by atoms with Crippen molar-refractivity contribution in [2.45, 2.75) is 25.0 Å². The van der Waals surface area contributed by atoms with Crippen LogP contribution >= 0.6 is 0 Å². The van der Waals surface area contributed by atoms with E-state index >= 15 is 0 Å². The zero-order valence-corrected chi connectivity index (χ0v) is 11.1. The van der Waals surface area contributed by atoms with Gasteiger partial charge in [0.25, 0.3) is 0 Å². The van der Waals surface area contributed by atoms with Gasteiger partial charge in [-0.25, -0.2) is 8.42 Å². The Balaban J connectivity index is 1.89. The van der Waals surface area contributed by atoms with E-state index in [4.69, 9.17) is 0 Å². The largest absolute Gasteiger partial charge is 0.390 e. The average molecular weight is 262 g/mol. The number of aliphatic hydroxyl groups excluding tert-OH is 1. The number of hydrogen-bond donors (Lipinski definition) is 2. The minimum absolute atomic E-state index is 0.0752. The van der Waals surface area contributed by atoms with Crippen molar-refractivity contribution in [3.8, 4) is 0 Å². The summed E-state index contributed by atoms with van der Waals surface area (Å²) < 4.78 is 22.9. The van der Waals surface area contributed by atoms with Crippen molar-refractivity contribution in [3.63, 3.8) is 0 Å². The maximum absolute atomic E-state index is 11.5. The summed E-state index contributed by atoms with van der Waals surface area (Å²) in [4.78, 5) is 2.03. The second-order valence-electron chi connectivity index (χ2n) is 5.34. The maximum Gasteiger partial charge on any atom is 0.154 e. The van der Waals surface area contributed by atoms with Gasteiger partial charge < -0.3 is 10.4 Å². The molecule has 2 heterocycles. The van der Waals surface area contributed by atoms with Crippen LogP contribution in [0.25, 0.3) is 0 Å². The number of hydrogen-bond acceptors (Lipinski definition) is 5. The molecule has 0 radical (unpaired) electrons. The molecule has 0 aromatic rings. The maximum atomic E-state index is 11.5. The smallest absolute Gasteiger partial charge is 0.154 e. The van der Waals surface area contributed by atoms with Gasteiger partial charge in [0.05, 0.1) is 23.7 Å². The molecular formula is C11H22N2O3S. The molecule has 2 aliphatic rings. The van der Waals surface area contributed by atoms with E-state index in [1.165, 1.54) is 0 Å². The van der Waals surface area contributed by atoms with Gasteiger partial charge in [-0.15, -0.1) is 0 Å². The molecule has 2 rings (SSSR count). The van der Waals surface area contributed by atoms with E-state index in [0.29, 0.717) is 5.92 Å². The number of sulfone groups is 1. The second-order valence-corrected chi connectivity index (χ2v) is 7.50. The first-order valence-electron chi connectivity index (χ1n) is 6.27. The fourth-order valence-electron chi connectivity index (χ4n) is 2.84. The van der Waals surface area contributed by atoms with E-state index in [9.17, 15) is 13.5 Å². The molecule has 2 unspecified atom stereocenters. The van der Waals surface area contributed by atoms with Crippen molar-refractivity contribution in [1.29, 1.82) is 0 Å². The summed E-state index contributed by atoms with van der Waals surface area (Å²) in [6, 6.07) is -0.213. The van der Waals surface area contributed by atoms with Crippen molar-refractivity contribution >= 4 is 9.84 Å². The number of likely N-dealkylation sites (N-methyl/N-ethyl adjacent to an activating group) is 1. The highest BCUT2D eigenvalue weighted by Gasteiger charge is 2.39. The van der Waals surface area contributed by atoms with Gasteiger partial charge in [-0.3, -0.25) is 4.90 Å². The predicted octanol–water partition coefficient (Wildman–Crippen LogP) is -0.924. The third-order valence-electron chi connectivity index (χ3n) is 3.86. The molecule has 0 aliphatic carbocycles. The molecule has 2 fully saturated rings. The number of nitrogens with one attached hydrogen (secondary N) is 1. The van der Waals surface area contributed by atoms with Crippen LogP contribution in [0.2, 0.25) is 0 Å². The predicted molar refractivity (Wildman–Crippen MR) is 66.7 cm³/mol. The molecule has 2 saturated heterocycles. The van der Waals surface area contributed by atoms with Crippen LogP contribution in [0.15, 0.2) is 0 Å². The summed E-state index contributed by atoms with van der Waals surface area (Å²) in [7, 11) is -1.11. The molecule has 6 heteroatoms. The molecule has 0 bridgehead atoms. The Morgan fingerprint density at radius 2 is 1.94 bits per heavy atom. The normalized spacial score (nSPS) is 34.3. The summed E-state index contributed by atoms with van der Waals surface area (Å²) in [6.45, 7) is 2.98. The Kier molecular flexibility index (Phi) is 4.07. The van der Waals surface area contributed by atoms with Crippen LogP contribution in [0, 0.1) is 5.92 Å². The highest BCUT2D eigenvalue weighted by Crippen LogP contribution is 2.20. The van der Waals surface area contributed by atoms with Crippen molar-refractivity contribution in [1.82, 2.24) is 10.2 Å². The van der Waals surface area contributed by atoms with Gasteiger partial charge in [-0.05, 0) is 38.9 Å². The molecule has 0 spiro atoms. The lowest BCUT2D eigenvalue weighted by Crippen LogP contribution is -2.44. The van der Waals surface area contributed by atoms with E-state index in [1.807, 2.05) is 11.9 Å². The molecule has 5 nitrogen and oxygen atoms in total. The Morgan fingerprint density at radius 1 is 1.29 bits per heavy atom. The minimum atomic E-state index is -3.03. The van der Waals surface area contributed by atoms with Crippen molar-refractivity contribution in [2.75, 3.05) is 38.2 Å². The molecule has 100 valence electrons. The first kappa shape index (κ1) is 13.3. The Morgan fingerprint density at radius 3 is 2.47 bits per heavy atom. The highest BCUT2D eigenvalue weighted by molar-refractivity contribution is 7.91. The monoisotopic (exact) mass is 262 g/mol. The fourth-order valence-corrected chi connectivity index (χ4v) is 4.71. The van der Waals surface area contributed by atoms with E-state index in [0.717, 1.165) is 32.5 Å². The number of nitrogens with zero attached hydrogens (tertiary/aromatic N) is 1. The van der Waals surface area contributed by atoms with Crippen molar-refractivity contribution < 1.29 is 13.5 Å². The number of rotatable bonds is 3. The average Bonchev–Trinajstić information content (AvgIpc) is 2.54. The molecule has 0 saturated carbocycles. The van der Waals surface area contributed by atoms with E-state index in [-0.39, 0.29) is 17.5 Å². The van der Waals surface area contributed by atoms with Crippen LogP contribution in [0.1, 0.15) is 12.8 Å². The first-order chi connectivity index (χ1) is 7.98. The summed E-state index contributed by atoms with van der Waals surface area (Å²) in [5, 5.41) is 13.1. The van der Waals surface area contributed by atoms with Gasteiger partial charge in [0, 0.05) is 6.54 Å². The highest BCUT2D eigenvalue weighted by atomic mass is 32.2. The summed E-state index contributed by atoms with van der Waals surface area (Å²) in [5.41, 5.74) is 0. The standard InChI is InChI=1S/C11H22N2O3S/c1-13(6-9-2-4-12-5-3-9)10-7-17(15,16)8-11(10)14/h9-12,14H,2-8H2,1H3. The van der Waals surface area contributed by atoms with Crippen molar-refractivity contribution in [3.05, 3.63) is 0 Å². The van der Waals surface area contributed by atoms with Crippen LogP contribution in [0.5, 0.6) is 0 Å². The Labute approximate surface area is 103 Å². The lowest BCUT2D eigenvalue weighted by atomic mass is 9.97. The van der Waals surface area contributed by atoms with Gasteiger partial charge in [0.2, 0.25) is 0 Å². The minimum Gasteiger partial charge on any atom is -0.390 e. The van der Waals surface area contributed by atoms with Gasteiger partial charge in [-0.2, -0.15) is 0 Å². The van der Waals surface area contributed by atoms with Crippen LogP contribution < -0.4 is 5.32 Å². The van der Waals surface area contributed by atoms with Crippen LogP contribution in [0.4, 0.5) is 0 Å². The fraction of sp³-hybridized carbons (Fsp3) is 1.00. The zero-order chi connectivity index (χ0) is 12.5. The third-order valence-corrected chi connectivity index (χ3v) is 5.56. The molecular weight excluding hydrogens is 240 g/mol. The van der Waals surface area contributed by atoms with Crippen LogP contribution in [-0.2, 0) is 9.84 Å². The molecule has 2 N–H and O–H groups in total. The van der Waals surface area contributed by atoms with Crippen LogP contribution in [-0.4, -0.2) is 68.8 Å². The third kappa shape index (κ3) is 3.40. The first-order valence-corrected chi connectivity index (χ1v) is 8.09. The molecule has 0 amide bonds. The molecule has 17 heavy (non-hydrogen) atoms. The number of piperidine rings is 1.